The highest BCUT2D eigenvalue weighted by molar-refractivity contribution is 5.91. The summed E-state index contributed by atoms with van der Waals surface area (Å²) in [5.41, 5.74) is 1.62. The first-order valence-electron chi connectivity index (χ1n) is 8.13. The molecule has 25 heavy (non-hydrogen) atoms. The van der Waals surface area contributed by atoms with Gasteiger partial charge in [0, 0.05) is 18.2 Å². The summed E-state index contributed by atoms with van der Waals surface area (Å²) in [5.74, 6) is 2.64. The van der Waals surface area contributed by atoms with Crippen LogP contribution in [0.4, 0.5) is 0 Å². The number of ether oxygens (including phenoxy) is 2. The van der Waals surface area contributed by atoms with Crippen LogP contribution in [0.3, 0.4) is 0 Å². The average molecular weight is 343 g/mol. The maximum absolute atomic E-state index is 11.9. The summed E-state index contributed by atoms with van der Waals surface area (Å²) in [5, 5.41) is 12.9. The molecule has 0 radical (unpaired) electrons. The third-order valence-corrected chi connectivity index (χ3v) is 3.98. The largest absolute Gasteiger partial charge is 0.466 e. The van der Waals surface area contributed by atoms with Gasteiger partial charge in [0.1, 0.15) is 11.5 Å². The molecule has 0 spiro atoms. The summed E-state index contributed by atoms with van der Waals surface area (Å²) in [6.45, 7) is 4.25. The first-order chi connectivity index (χ1) is 12.0. The molecule has 1 aliphatic heterocycles. The molecular formula is C19H21NO5. The van der Waals surface area contributed by atoms with Crippen molar-refractivity contribution in [2.75, 3.05) is 13.3 Å². The average Bonchev–Trinajstić information content (AvgIpc) is 3.18. The van der Waals surface area contributed by atoms with Gasteiger partial charge in [0.15, 0.2) is 11.5 Å². The minimum absolute atomic E-state index is 0.218. The van der Waals surface area contributed by atoms with Gasteiger partial charge in [-0.3, -0.25) is 4.79 Å². The number of hydrogen-bond donors (Lipinski definition) is 2. The topological polar surface area (TPSA) is 80.9 Å². The molecule has 1 aromatic heterocycles. The van der Waals surface area contributed by atoms with Crippen LogP contribution >= 0.6 is 0 Å². The van der Waals surface area contributed by atoms with Gasteiger partial charge in [-0.2, -0.15) is 0 Å². The summed E-state index contributed by atoms with van der Waals surface area (Å²) in [6, 6.07) is 7.30. The number of aliphatic hydroxyl groups is 1. The zero-order valence-electron chi connectivity index (χ0n) is 14.2. The molecule has 3 rings (SSSR count). The molecule has 2 N–H and O–H groups in total. The molecule has 2 aromatic rings. The van der Waals surface area contributed by atoms with Gasteiger partial charge >= 0.3 is 0 Å². The monoisotopic (exact) mass is 343 g/mol. The van der Waals surface area contributed by atoms with E-state index in [-0.39, 0.29) is 12.7 Å². The second-order valence-corrected chi connectivity index (χ2v) is 5.91. The van der Waals surface area contributed by atoms with Crippen LogP contribution < -0.4 is 14.8 Å². The Bertz CT molecular complexity index is 793. The first kappa shape index (κ1) is 17.1. The fourth-order valence-electron chi connectivity index (χ4n) is 2.72. The number of nitrogens with one attached hydrogen (secondary N) is 1. The quantitative estimate of drug-likeness (QED) is 0.788. The van der Waals surface area contributed by atoms with E-state index in [1.165, 1.54) is 6.08 Å². The number of amides is 1. The third-order valence-electron chi connectivity index (χ3n) is 3.98. The van der Waals surface area contributed by atoms with Gasteiger partial charge in [-0.1, -0.05) is 6.07 Å². The summed E-state index contributed by atoms with van der Waals surface area (Å²) in [4.78, 5) is 11.9. The Labute approximate surface area is 146 Å². The molecule has 1 unspecified atom stereocenters. The van der Waals surface area contributed by atoms with E-state index >= 15 is 0 Å². The molecule has 1 aliphatic rings. The van der Waals surface area contributed by atoms with E-state index in [0.29, 0.717) is 30.2 Å². The number of fused-ring (bicyclic) bond motifs is 1. The van der Waals surface area contributed by atoms with Gasteiger partial charge < -0.3 is 24.3 Å². The summed E-state index contributed by atoms with van der Waals surface area (Å²) < 4.78 is 15.9. The van der Waals surface area contributed by atoms with Crippen LogP contribution in [0.5, 0.6) is 11.5 Å². The van der Waals surface area contributed by atoms with Gasteiger partial charge in [-0.15, -0.1) is 0 Å². The maximum Gasteiger partial charge on any atom is 0.244 e. The molecule has 6 heteroatoms. The molecular weight excluding hydrogens is 322 g/mol. The molecule has 1 atom stereocenters. The van der Waals surface area contributed by atoms with E-state index in [0.717, 1.165) is 16.9 Å². The van der Waals surface area contributed by atoms with Crippen molar-refractivity contribution in [3.8, 4) is 11.5 Å². The smallest absolute Gasteiger partial charge is 0.244 e. The van der Waals surface area contributed by atoms with Crippen molar-refractivity contribution in [3.05, 3.63) is 53.0 Å². The minimum atomic E-state index is -0.657. The molecule has 1 amide bonds. The molecule has 0 saturated heterocycles. The Balaban J connectivity index is 1.47. The van der Waals surface area contributed by atoms with Crippen LogP contribution in [0.25, 0.3) is 6.08 Å². The standard InChI is InChI=1S/C19H21NO5/c1-12-9-15(13(2)25-12)16(21)7-8-20-19(22)6-4-14-3-5-17-18(10-14)24-11-23-17/h3-6,9-10,16,21H,7-8,11H2,1-2H3,(H,20,22). The number of rotatable bonds is 6. The highest BCUT2D eigenvalue weighted by Crippen LogP contribution is 2.32. The molecule has 2 heterocycles. The lowest BCUT2D eigenvalue weighted by molar-refractivity contribution is -0.116. The molecule has 0 fully saturated rings. The fourth-order valence-corrected chi connectivity index (χ4v) is 2.72. The number of benzene rings is 1. The van der Waals surface area contributed by atoms with E-state index < -0.39 is 6.10 Å². The number of hydrogen-bond acceptors (Lipinski definition) is 5. The summed E-state index contributed by atoms with van der Waals surface area (Å²) >= 11 is 0. The van der Waals surface area contributed by atoms with Gasteiger partial charge in [0.25, 0.3) is 0 Å². The summed E-state index contributed by atoms with van der Waals surface area (Å²) in [6.07, 6.45) is 2.92. The van der Waals surface area contributed by atoms with Crippen molar-refractivity contribution in [1.82, 2.24) is 5.32 Å². The van der Waals surface area contributed by atoms with E-state index in [9.17, 15) is 9.90 Å². The van der Waals surface area contributed by atoms with Gasteiger partial charge in [0.2, 0.25) is 12.7 Å². The Hall–Kier alpha value is -2.73. The molecule has 132 valence electrons. The lowest BCUT2D eigenvalue weighted by Gasteiger charge is -2.09. The zero-order valence-corrected chi connectivity index (χ0v) is 14.2. The first-order valence-corrected chi connectivity index (χ1v) is 8.13. The van der Waals surface area contributed by atoms with E-state index in [1.54, 1.807) is 6.08 Å². The third kappa shape index (κ3) is 4.22. The van der Waals surface area contributed by atoms with Gasteiger partial charge in [0.05, 0.1) is 6.10 Å². The van der Waals surface area contributed by atoms with Crippen LogP contribution in [0.1, 0.15) is 35.2 Å². The van der Waals surface area contributed by atoms with Crippen LogP contribution in [-0.2, 0) is 4.79 Å². The van der Waals surface area contributed by atoms with Crippen molar-refractivity contribution in [3.63, 3.8) is 0 Å². The van der Waals surface area contributed by atoms with Crippen LogP contribution in [-0.4, -0.2) is 24.4 Å². The highest BCUT2D eigenvalue weighted by atomic mass is 16.7. The van der Waals surface area contributed by atoms with Crippen LogP contribution in [0.15, 0.2) is 34.8 Å². The second-order valence-electron chi connectivity index (χ2n) is 5.91. The maximum atomic E-state index is 11.9. The highest BCUT2D eigenvalue weighted by Gasteiger charge is 2.14. The number of aryl methyl sites for hydroxylation is 2. The second kappa shape index (κ2) is 7.44. The Morgan fingerprint density at radius 2 is 2.08 bits per heavy atom. The lowest BCUT2D eigenvalue weighted by Crippen LogP contribution is -2.23. The Morgan fingerprint density at radius 3 is 2.84 bits per heavy atom. The normalized spacial score (nSPS) is 14.0. The van der Waals surface area contributed by atoms with E-state index in [1.807, 2.05) is 38.1 Å². The van der Waals surface area contributed by atoms with E-state index in [2.05, 4.69) is 5.32 Å². The predicted octanol–water partition coefficient (Wildman–Crippen LogP) is 2.88. The molecule has 6 nitrogen and oxygen atoms in total. The van der Waals surface area contributed by atoms with Crippen molar-refractivity contribution in [2.45, 2.75) is 26.4 Å². The SMILES string of the molecule is Cc1cc(C(O)CCNC(=O)C=Cc2ccc3c(c2)OCO3)c(C)o1. The predicted molar refractivity (Wildman–Crippen MR) is 92.4 cm³/mol. The fraction of sp³-hybridized carbons (Fsp3) is 0.316. The summed E-state index contributed by atoms with van der Waals surface area (Å²) in [7, 11) is 0. The molecule has 0 aliphatic carbocycles. The van der Waals surface area contributed by atoms with Crippen molar-refractivity contribution in [2.24, 2.45) is 0 Å². The van der Waals surface area contributed by atoms with E-state index in [4.69, 9.17) is 13.9 Å². The zero-order chi connectivity index (χ0) is 17.8. The van der Waals surface area contributed by atoms with Crippen LogP contribution in [0.2, 0.25) is 0 Å². The van der Waals surface area contributed by atoms with Crippen LogP contribution in [0, 0.1) is 13.8 Å². The van der Waals surface area contributed by atoms with Gasteiger partial charge in [-0.05, 0) is 50.1 Å². The molecule has 1 aromatic carbocycles. The molecule has 0 saturated carbocycles. The van der Waals surface area contributed by atoms with Gasteiger partial charge in [-0.25, -0.2) is 0 Å². The number of aliphatic hydroxyl groups excluding tert-OH is 1. The Kier molecular flexibility index (Phi) is 5.09. The number of furan rings is 1. The molecule has 0 bridgehead atoms. The van der Waals surface area contributed by atoms with Crippen molar-refractivity contribution in [1.29, 1.82) is 0 Å². The number of carbonyl (C=O) groups excluding carboxylic acids is 1. The van der Waals surface area contributed by atoms with Crippen molar-refractivity contribution < 1.29 is 23.8 Å². The number of carbonyl (C=O) groups is 1. The minimum Gasteiger partial charge on any atom is -0.466 e. The Morgan fingerprint density at radius 1 is 1.28 bits per heavy atom. The lowest BCUT2D eigenvalue weighted by atomic mass is 10.1. The van der Waals surface area contributed by atoms with Crippen molar-refractivity contribution >= 4 is 12.0 Å².